The highest BCUT2D eigenvalue weighted by Gasteiger charge is 1.93. The molecule has 1 heterocycles. The van der Waals surface area contributed by atoms with Crippen molar-refractivity contribution in [3.05, 3.63) is 58.0 Å². The van der Waals surface area contributed by atoms with E-state index in [-0.39, 0.29) is 5.56 Å². The highest BCUT2D eigenvalue weighted by Crippen LogP contribution is 2.18. The summed E-state index contributed by atoms with van der Waals surface area (Å²) in [5.41, 5.74) is 1.58. The molecule has 0 amide bonds. The summed E-state index contributed by atoms with van der Waals surface area (Å²) in [5, 5.41) is 6.29. The number of hydrogen-bond acceptors (Lipinski definition) is 3. The second kappa shape index (κ2) is 6.62. The van der Waals surface area contributed by atoms with Crippen LogP contribution in [0.3, 0.4) is 0 Å². The fourth-order valence-corrected chi connectivity index (χ4v) is 2.01. The van der Waals surface area contributed by atoms with Gasteiger partial charge in [-0.2, -0.15) is 5.10 Å². The van der Waals surface area contributed by atoms with Gasteiger partial charge < -0.3 is 0 Å². The minimum absolute atomic E-state index is 0.202. The number of terminal acetylenes is 1. The van der Waals surface area contributed by atoms with Crippen LogP contribution in [-0.2, 0) is 0 Å². The van der Waals surface area contributed by atoms with Gasteiger partial charge in [-0.3, -0.25) is 4.79 Å². The molecule has 2 rings (SSSR count). The molecule has 0 aliphatic carbocycles. The summed E-state index contributed by atoms with van der Waals surface area (Å²) in [7, 11) is 0. The van der Waals surface area contributed by atoms with Gasteiger partial charge in [-0.05, 0) is 29.8 Å². The van der Waals surface area contributed by atoms with E-state index in [0.717, 1.165) is 10.5 Å². The summed E-state index contributed by atoms with van der Waals surface area (Å²) >= 11 is 1.63. The largest absolute Gasteiger partial charge is 0.268 e. The van der Waals surface area contributed by atoms with Crippen molar-refractivity contribution in [2.24, 2.45) is 0 Å². The second-order valence-corrected chi connectivity index (χ2v) is 4.79. The maximum absolute atomic E-state index is 10.9. The predicted molar refractivity (Wildman–Crippen MR) is 79.8 cm³/mol. The quantitative estimate of drug-likeness (QED) is 0.685. The van der Waals surface area contributed by atoms with Crippen LogP contribution in [0.15, 0.2) is 46.1 Å². The first-order valence-electron chi connectivity index (χ1n) is 5.68. The van der Waals surface area contributed by atoms with Gasteiger partial charge in [-0.15, -0.1) is 18.2 Å². The smallest absolute Gasteiger partial charge is 0.264 e. The lowest BCUT2D eigenvalue weighted by atomic mass is 10.2. The molecule has 1 aromatic carbocycles. The van der Waals surface area contributed by atoms with E-state index in [4.69, 9.17) is 6.42 Å². The van der Waals surface area contributed by atoms with E-state index >= 15 is 0 Å². The number of rotatable bonds is 4. The van der Waals surface area contributed by atoms with Crippen LogP contribution < -0.4 is 5.56 Å². The normalized spacial score (nSPS) is 10.5. The number of nitrogens with zero attached hydrogens (tertiary/aromatic N) is 1. The zero-order valence-corrected chi connectivity index (χ0v) is 11.0. The molecular formula is C15H12N2OS. The van der Waals surface area contributed by atoms with Crippen LogP contribution >= 0.6 is 11.8 Å². The fraction of sp³-hybridized carbons (Fsp3) is 0.0667. The van der Waals surface area contributed by atoms with Crippen LogP contribution in [0.2, 0.25) is 0 Å². The van der Waals surface area contributed by atoms with Gasteiger partial charge >= 0.3 is 0 Å². The first-order chi connectivity index (χ1) is 9.28. The Balaban J connectivity index is 2.05. The molecule has 0 atom stereocenters. The molecule has 0 aliphatic heterocycles. The summed E-state index contributed by atoms with van der Waals surface area (Å²) < 4.78 is 0. The molecule has 0 radical (unpaired) electrons. The Kier molecular flexibility index (Phi) is 4.60. The molecule has 94 valence electrons. The number of benzene rings is 1. The molecule has 0 saturated heterocycles. The molecule has 4 heteroatoms. The lowest BCUT2D eigenvalue weighted by molar-refractivity contribution is 0.977. The van der Waals surface area contributed by atoms with Crippen molar-refractivity contribution in [3.63, 3.8) is 0 Å². The highest BCUT2D eigenvalue weighted by molar-refractivity contribution is 7.99. The summed E-state index contributed by atoms with van der Waals surface area (Å²) in [4.78, 5) is 12.0. The van der Waals surface area contributed by atoms with E-state index in [9.17, 15) is 4.79 Å². The van der Waals surface area contributed by atoms with Gasteiger partial charge in [0, 0.05) is 11.0 Å². The second-order valence-electron chi connectivity index (χ2n) is 3.74. The van der Waals surface area contributed by atoms with Crippen molar-refractivity contribution in [1.29, 1.82) is 0 Å². The van der Waals surface area contributed by atoms with Gasteiger partial charge in [0.05, 0.1) is 11.4 Å². The first kappa shape index (κ1) is 13.2. The van der Waals surface area contributed by atoms with Crippen LogP contribution in [0.25, 0.3) is 12.2 Å². The fourth-order valence-electron chi connectivity index (χ4n) is 1.43. The summed E-state index contributed by atoms with van der Waals surface area (Å²) in [6.07, 6.45) is 9.00. The van der Waals surface area contributed by atoms with Crippen molar-refractivity contribution < 1.29 is 0 Å². The molecular weight excluding hydrogens is 256 g/mol. The average molecular weight is 268 g/mol. The molecule has 0 saturated carbocycles. The van der Waals surface area contributed by atoms with Gasteiger partial charge in [-0.25, -0.2) is 5.10 Å². The van der Waals surface area contributed by atoms with Crippen LogP contribution in [0.4, 0.5) is 0 Å². The van der Waals surface area contributed by atoms with E-state index in [1.807, 2.05) is 36.4 Å². The molecule has 1 N–H and O–H groups in total. The molecule has 0 aliphatic rings. The van der Waals surface area contributed by atoms with E-state index in [1.54, 1.807) is 17.8 Å². The Morgan fingerprint density at radius 3 is 2.63 bits per heavy atom. The van der Waals surface area contributed by atoms with Crippen LogP contribution in [0.1, 0.15) is 11.3 Å². The molecule has 3 nitrogen and oxygen atoms in total. The Bertz CT molecular complexity index is 645. The molecule has 19 heavy (non-hydrogen) atoms. The van der Waals surface area contributed by atoms with Gasteiger partial charge in [0.15, 0.2) is 0 Å². The minimum atomic E-state index is -0.202. The maximum Gasteiger partial charge on any atom is 0.264 e. The van der Waals surface area contributed by atoms with Crippen molar-refractivity contribution in [1.82, 2.24) is 10.2 Å². The van der Waals surface area contributed by atoms with Crippen LogP contribution in [0.5, 0.6) is 0 Å². The van der Waals surface area contributed by atoms with E-state index in [2.05, 4.69) is 16.1 Å². The molecule has 0 fully saturated rings. The third kappa shape index (κ3) is 4.16. The lowest BCUT2D eigenvalue weighted by Crippen LogP contribution is -2.05. The Labute approximate surface area is 115 Å². The summed E-state index contributed by atoms with van der Waals surface area (Å²) in [6.45, 7) is 0. The molecule has 0 bridgehead atoms. The van der Waals surface area contributed by atoms with Gasteiger partial charge in [-0.1, -0.05) is 24.1 Å². The van der Waals surface area contributed by atoms with E-state index < -0.39 is 0 Å². The van der Waals surface area contributed by atoms with E-state index in [0.29, 0.717) is 11.4 Å². The Hall–Kier alpha value is -2.25. The minimum Gasteiger partial charge on any atom is -0.268 e. The van der Waals surface area contributed by atoms with E-state index in [1.165, 1.54) is 6.07 Å². The van der Waals surface area contributed by atoms with Crippen molar-refractivity contribution in [2.75, 3.05) is 5.75 Å². The molecule has 0 spiro atoms. The third-order valence-electron chi connectivity index (χ3n) is 2.35. The standard InChI is InChI=1S/C15H12N2OS/c1-2-11-19-14-8-4-12(5-9-14)3-6-13-7-10-15(18)17-16-13/h1,3-10H,11H2,(H,17,18)/b6-3+. The van der Waals surface area contributed by atoms with Gasteiger partial charge in [0.2, 0.25) is 0 Å². The SMILES string of the molecule is C#CCSc1ccc(/C=C/c2ccc(=O)[nH]n2)cc1. The van der Waals surface area contributed by atoms with Gasteiger partial charge in [0.1, 0.15) is 0 Å². The predicted octanol–water partition coefficient (Wildman–Crippen LogP) is 2.67. The topological polar surface area (TPSA) is 45.8 Å². The van der Waals surface area contributed by atoms with Crippen LogP contribution in [-0.4, -0.2) is 16.0 Å². The Morgan fingerprint density at radius 2 is 2.00 bits per heavy atom. The average Bonchev–Trinajstić information content (AvgIpc) is 2.46. The highest BCUT2D eigenvalue weighted by atomic mass is 32.2. The summed E-state index contributed by atoms with van der Waals surface area (Å²) in [6, 6.07) is 11.2. The molecule has 1 aromatic heterocycles. The number of aromatic amines is 1. The third-order valence-corrected chi connectivity index (χ3v) is 3.27. The number of hydrogen-bond donors (Lipinski definition) is 1. The Morgan fingerprint density at radius 1 is 1.21 bits per heavy atom. The summed E-state index contributed by atoms with van der Waals surface area (Å²) in [5.74, 6) is 3.27. The lowest BCUT2D eigenvalue weighted by Gasteiger charge is -1.98. The molecule has 2 aromatic rings. The maximum atomic E-state index is 10.9. The number of aromatic nitrogens is 2. The molecule has 0 unspecified atom stereocenters. The van der Waals surface area contributed by atoms with Crippen LogP contribution in [0, 0.1) is 12.3 Å². The van der Waals surface area contributed by atoms with Crippen molar-refractivity contribution >= 4 is 23.9 Å². The van der Waals surface area contributed by atoms with Crippen molar-refractivity contribution in [3.8, 4) is 12.3 Å². The number of H-pyrrole nitrogens is 1. The number of nitrogens with one attached hydrogen (secondary N) is 1. The zero-order valence-electron chi connectivity index (χ0n) is 10.2. The monoisotopic (exact) mass is 268 g/mol. The number of thioether (sulfide) groups is 1. The van der Waals surface area contributed by atoms with Crippen molar-refractivity contribution in [2.45, 2.75) is 4.90 Å². The van der Waals surface area contributed by atoms with Gasteiger partial charge in [0.25, 0.3) is 5.56 Å². The zero-order chi connectivity index (χ0) is 13.5. The first-order valence-corrected chi connectivity index (χ1v) is 6.66.